The lowest BCUT2D eigenvalue weighted by atomic mass is 9.86. The highest BCUT2D eigenvalue weighted by Crippen LogP contribution is 2.29. The monoisotopic (exact) mass is 510 g/mol. The second-order valence-electron chi connectivity index (χ2n) is 10.1. The third-order valence-corrected chi connectivity index (χ3v) is 6.99. The molecule has 38 heavy (non-hydrogen) atoms. The third kappa shape index (κ3) is 6.02. The molecule has 196 valence electrons. The van der Waals surface area contributed by atoms with Crippen LogP contribution in [0.25, 0.3) is 10.9 Å². The standard InChI is InChI=1S/C30H34N6O2/c1-20-10-16-23(17-11-20)38-29-25(8-6-18-31-29)28(37)32-19-21-12-14-22(15-13-21)33-30-34-26-9-5-4-7-24(26)27(35-30)36(2)3/h4-11,16-18,21-22H,12-15,19H2,1-3H3,(H,32,37)(H,33,34,35). The predicted molar refractivity (Wildman–Crippen MR) is 151 cm³/mol. The van der Waals surface area contributed by atoms with Gasteiger partial charge in [0.25, 0.3) is 5.91 Å². The van der Waals surface area contributed by atoms with Gasteiger partial charge in [-0.3, -0.25) is 4.79 Å². The first-order chi connectivity index (χ1) is 18.5. The molecule has 0 aliphatic heterocycles. The molecule has 0 atom stereocenters. The Morgan fingerprint density at radius 2 is 1.74 bits per heavy atom. The number of pyridine rings is 1. The van der Waals surface area contributed by atoms with Crippen LogP contribution in [0.3, 0.4) is 0 Å². The summed E-state index contributed by atoms with van der Waals surface area (Å²) >= 11 is 0. The van der Waals surface area contributed by atoms with Gasteiger partial charge in [-0.15, -0.1) is 0 Å². The topological polar surface area (TPSA) is 92.3 Å². The SMILES string of the molecule is Cc1ccc(Oc2ncccc2C(=O)NCC2CCC(Nc3nc(N(C)C)c4ccccc4n3)CC2)cc1. The van der Waals surface area contributed by atoms with Gasteiger partial charge in [-0.2, -0.15) is 4.98 Å². The van der Waals surface area contributed by atoms with E-state index in [-0.39, 0.29) is 5.91 Å². The number of amides is 1. The van der Waals surface area contributed by atoms with Crippen LogP contribution in [-0.2, 0) is 0 Å². The second kappa shape index (κ2) is 11.5. The van der Waals surface area contributed by atoms with Gasteiger partial charge >= 0.3 is 0 Å². The highest BCUT2D eigenvalue weighted by atomic mass is 16.5. The van der Waals surface area contributed by atoms with Crippen LogP contribution in [0.4, 0.5) is 11.8 Å². The number of ether oxygens (including phenoxy) is 1. The van der Waals surface area contributed by atoms with E-state index in [9.17, 15) is 4.79 Å². The molecule has 4 aromatic rings. The van der Waals surface area contributed by atoms with Crippen LogP contribution in [0, 0.1) is 12.8 Å². The zero-order valence-electron chi connectivity index (χ0n) is 22.1. The Kier molecular flexibility index (Phi) is 7.67. The Hall–Kier alpha value is -4.20. The maximum absolute atomic E-state index is 13.0. The predicted octanol–water partition coefficient (Wildman–Crippen LogP) is 5.59. The number of benzene rings is 2. The van der Waals surface area contributed by atoms with Crippen molar-refractivity contribution in [2.45, 2.75) is 38.6 Å². The van der Waals surface area contributed by atoms with Gasteiger partial charge in [0, 0.05) is 38.3 Å². The number of rotatable bonds is 8. The number of carbonyl (C=O) groups excluding carboxylic acids is 1. The fourth-order valence-corrected chi connectivity index (χ4v) is 4.85. The Bertz CT molecular complexity index is 1400. The van der Waals surface area contributed by atoms with E-state index < -0.39 is 0 Å². The number of aromatic nitrogens is 3. The smallest absolute Gasteiger partial charge is 0.256 e. The molecule has 1 fully saturated rings. The van der Waals surface area contributed by atoms with Crippen LogP contribution in [0.2, 0.25) is 0 Å². The lowest BCUT2D eigenvalue weighted by molar-refractivity contribution is 0.0940. The van der Waals surface area contributed by atoms with Gasteiger partial charge < -0.3 is 20.3 Å². The number of fused-ring (bicyclic) bond motifs is 1. The van der Waals surface area contributed by atoms with Gasteiger partial charge in [-0.25, -0.2) is 9.97 Å². The first-order valence-corrected chi connectivity index (χ1v) is 13.1. The second-order valence-corrected chi connectivity index (χ2v) is 10.1. The van der Waals surface area contributed by atoms with Crippen LogP contribution < -0.4 is 20.3 Å². The van der Waals surface area contributed by atoms with Crippen LogP contribution in [0.5, 0.6) is 11.6 Å². The van der Waals surface area contributed by atoms with E-state index in [1.165, 1.54) is 0 Å². The lowest BCUT2D eigenvalue weighted by Crippen LogP contribution is -2.34. The molecule has 1 aliphatic carbocycles. The summed E-state index contributed by atoms with van der Waals surface area (Å²) in [6, 6.07) is 19.6. The molecule has 1 amide bonds. The van der Waals surface area contributed by atoms with Gasteiger partial charge in [-0.1, -0.05) is 29.8 Å². The molecule has 2 aromatic heterocycles. The minimum atomic E-state index is -0.166. The van der Waals surface area contributed by atoms with Gasteiger partial charge in [0.05, 0.1) is 5.52 Å². The highest BCUT2D eigenvalue weighted by Gasteiger charge is 2.23. The first-order valence-electron chi connectivity index (χ1n) is 13.1. The minimum Gasteiger partial charge on any atom is -0.438 e. The summed E-state index contributed by atoms with van der Waals surface area (Å²) < 4.78 is 5.90. The Morgan fingerprint density at radius 3 is 2.50 bits per heavy atom. The summed E-state index contributed by atoms with van der Waals surface area (Å²) in [7, 11) is 4.00. The van der Waals surface area contributed by atoms with Crippen molar-refractivity contribution in [3.63, 3.8) is 0 Å². The van der Waals surface area contributed by atoms with Crippen molar-refractivity contribution in [2.24, 2.45) is 5.92 Å². The normalized spacial score (nSPS) is 17.1. The number of para-hydroxylation sites is 1. The average Bonchev–Trinajstić information content (AvgIpc) is 2.93. The molecular weight excluding hydrogens is 476 g/mol. The molecule has 8 nitrogen and oxygen atoms in total. The Balaban J connectivity index is 1.15. The van der Waals surface area contributed by atoms with Crippen molar-refractivity contribution in [2.75, 3.05) is 30.9 Å². The molecule has 2 heterocycles. The number of nitrogens with zero attached hydrogens (tertiary/aromatic N) is 4. The molecule has 0 radical (unpaired) electrons. The quantitative estimate of drug-likeness (QED) is 0.319. The molecule has 0 bridgehead atoms. The zero-order valence-corrected chi connectivity index (χ0v) is 22.1. The van der Waals surface area contributed by atoms with Crippen LogP contribution in [0.1, 0.15) is 41.6 Å². The fourth-order valence-electron chi connectivity index (χ4n) is 4.85. The number of hydrogen-bond donors (Lipinski definition) is 2. The van der Waals surface area contributed by atoms with Crippen molar-refractivity contribution in [1.29, 1.82) is 0 Å². The largest absolute Gasteiger partial charge is 0.438 e. The van der Waals surface area contributed by atoms with Crippen molar-refractivity contribution >= 4 is 28.6 Å². The molecule has 1 saturated carbocycles. The van der Waals surface area contributed by atoms with E-state index in [0.29, 0.717) is 41.6 Å². The molecule has 0 spiro atoms. The summed E-state index contributed by atoms with van der Waals surface area (Å²) in [4.78, 5) is 28.8. The number of aryl methyl sites for hydroxylation is 1. The van der Waals surface area contributed by atoms with Crippen LogP contribution in [0.15, 0.2) is 66.9 Å². The molecular formula is C30H34N6O2. The van der Waals surface area contributed by atoms with E-state index in [1.54, 1.807) is 18.3 Å². The van der Waals surface area contributed by atoms with Crippen LogP contribution >= 0.6 is 0 Å². The zero-order chi connectivity index (χ0) is 26.5. The Labute approximate surface area is 223 Å². The number of anilines is 2. The molecule has 5 rings (SSSR count). The summed E-state index contributed by atoms with van der Waals surface area (Å²) in [6.07, 6.45) is 5.68. The molecule has 2 N–H and O–H groups in total. The van der Waals surface area contributed by atoms with Crippen LogP contribution in [-0.4, -0.2) is 47.5 Å². The van der Waals surface area contributed by atoms with Crippen molar-refractivity contribution in [1.82, 2.24) is 20.3 Å². The third-order valence-electron chi connectivity index (χ3n) is 6.99. The van der Waals surface area contributed by atoms with Crippen molar-refractivity contribution in [3.05, 3.63) is 78.0 Å². The van der Waals surface area contributed by atoms with E-state index in [4.69, 9.17) is 14.7 Å². The summed E-state index contributed by atoms with van der Waals surface area (Å²) in [5, 5.41) is 7.70. The summed E-state index contributed by atoms with van der Waals surface area (Å²) in [6.45, 7) is 2.65. The van der Waals surface area contributed by atoms with Crippen molar-refractivity contribution < 1.29 is 9.53 Å². The maximum atomic E-state index is 13.0. The number of nitrogens with one attached hydrogen (secondary N) is 2. The van der Waals surface area contributed by atoms with E-state index >= 15 is 0 Å². The summed E-state index contributed by atoms with van der Waals surface area (Å²) in [5.41, 5.74) is 2.52. The van der Waals surface area contributed by atoms with Gasteiger partial charge in [0.2, 0.25) is 11.8 Å². The number of hydrogen-bond acceptors (Lipinski definition) is 7. The molecule has 0 saturated heterocycles. The van der Waals surface area contributed by atoms with E-state index in [0.717, 1.165) is 48.0 Å². The van der Waals surface area contributed by atoms with Gasteiger partial charge in [0.15, 0.2) is 0 Å². The minimum absolute atomic E-state index is 0.166. The lowest BCUT2D eigenvalue weighted by Gasteiger charge is -2.29. The Morgan fingerprint density at radius 1 is 0.974 bits per heavy atom. The highest BCUT2D eigenvalue weighted by molar-refractivity contribution is 5.96. The first kappa shape index (κ1) is 25.4. The van der Waals surface area contributed by atoms with Gasteiger partial charge in [0.1, 0.15) is 17.1 Å². The fraction of sp³-hybridized carbons (Fsp3) is 0.333. The maximum Gasteiger partial charge on any atom is 0.256 e. The molecule has 0 unspecified atom stereocenters. The molecule has 1 aliphatic rings. The van der Waals surface area contributed by atoms with Gasteiger partial charge in [-0.05, 0) is 74.9 Å². The van der Waals surface area contributed by atoms with E-state index in [2.05, 4.69) is 21.7 Å². The number of carbonyl (C=O) groups is 1. The average molecular weight is 511 g/mol. The van der Waals surface area contributed by atoms with Crippen molar-refractivity contribution in [3.8, 4) is 11.6 Å². The van der Waals surface area contributed by atoms with E-state index in [1.807, 2.05) is 68.4 Å². The summed E-state index contributed by atoms with van der Waals surface area (Å²) in [5.74, 6) is 2.81. The molecule has 8 heteroatoms. The molecule has 2 aromatic carbocycles.